The van der Waals surface area contributed by atoms with Gasteiger partial charge in [-0.1, -0.05) is 0 Å². The highest BCUT2D eigenvalue weighted by Crippen LogP contribution is 2.34. The fraction of sp³-hybridized carbons (Fsp3) is 0.667. The number of rotatable bonds is 4. The van der Waals surface area contributed by atoms with E-state index in [0.717, 1.165) is 49.1 Å². The van der Waals surface area contributed by atoms with E-state index in [9.17, 15) is 4.79 Å². The van der Waals surface area contributed by atoms with E-state index in [1.54, 1.807) is 11.3 Å². The molecule has 1 aliphatic carbocycles. The smallest absolute Gasteiger partial charge is 0.264 e. The largest absolute Gasteiger partial charge is 0.376 e. The zero-order chi connectivity index (χ0) is 16.7. The number of aryl methyl sites for hydroxylation is 2. The third kappa shape index (κ3) is 2.75. The average molecular weight is 347 g/mol. The first-order valence-corrected chi connectivity index (χ1v) is 9.89. The van der Waals surface area contributed by atoms with E-state index in [2.05, 4.69) is 5.32 Å². The Bertz CT molecular complexity index is 803. The second-order valence-electron chi connectivity index (χ2n) is 7.11. The molecule has 1 aliphatic heterocycles. The lowest BCUT2D eigenvalue weighted by Crippen LogP contribution is -2.29. The lowest BCUT2D eigenvalue weighted by molar-refractivity contribution is 0.120. The molecule has 0 radical (unpaired) electrons. The highest BCUT2D eigenvalue weighted by atomic mass is 32.1. The summed E-state index contributed by atoms with van der Waals surface area (Å²) in [4.78, 5) is 20.3. The SMILES string of the molecule is CC(C)n1c(NCC2CCCO2)nc2sc3c(c2c1=O)CCCC3. The Morgan fingerprint density at radius 2 is 2.17 bits per heavy atom. The van der Waals surface area contributed by atoms with E-state index in [1.165, 1.54) is 23.3 Å². The molecule has 2 aliphatic rings. The summed E-state index contributed by atoms with van der Waals surface area (Å²) >= 11 is 1.71. The van der Waals surface area contributed by atoms with Crippen molar-refractivity contribution in [2.45, 2.75) is 64.5 Å². The monoisotopic (exact) mass is 347 g/mol. The maximum atomic E-state index is 13.2. The van der Waals surface area contributed by atoms with Crippen molar-refractivity contribution in [3.05, 3.63) is 20.8 Å². The number of aromatic nitrogens is 2. The number of nitrogens with zero attached hydrogens (tertiary/aromatic N) is 2. The van der Waals surface area contributed by atoms with Gasteiger partial charge in [-0.15, -0.1) is 11.3 Å². The summed E-state index contributed by atoms with van der Waals surface area (Å²) < 4.78 is 7.50. The van der Waals surface area contributed by atoms with Crippen LogP contribution in [-0.4, -0.2) is 28.8 Å². The van der Waals surface area contributed by atoms with Crippen LogP contribution in [0.1, 0.15) is 56.0 Å². The lowest BCUT2D eigenvalue weighted by atomic mass is 9.97. The summed E-state index contributed by atoms with van der Waals surface area (Å²) in [7, 11) is 0. The molecule has 2 aromatic rings. The topological polar surface area (TPSA) is 56.1 Å². The van der Waals surface area contributed by atoms with Crippen molar-refractivity contribution in [1.29, 1.82) is 0 Å². The van der Waals surface area contributed by atoms with Gasteiger partial charge >= 0.3 is 0 Å². The van der Waals surface area contributed by atoms with Gasteiger partial charge in [-0.2, -0.15) is 0 Å². The first kappa shape index (κ1) is 16.1. The van der Waals surface area contributed by atoms with Gasteiger partial charge in [0.2, 0.25) is 5.95 Å². The minimum absolute atomic E-state index is 0.0838. The molecule has 4 rings (SSSR count). The maximum Gasteiger partial charge on any atom is 0.264 e. The van der Waals surface area contributed by atoms with Crippen molar-refractivity contribution >= 4 is 27.5 Å². The number of nitrogens with one attached hydrogen (secondary N) is 1. The first-order chi connectivity index (χ1) is 11.6. The van der Waals surface area contributed by atoms with Crippen molar-refractivity contribution < 1.29 is 4.74 Å². The van der Waals surface area contributed by atoms with E-state index in [-0.39, 0.29) is 17.7 Å². The molecule has 1 atom stereocenters. The number of ether oxygens (including phenoxy) is 1. The number of anilines is 1. The standard InChI is InChI=1S/C18H25N3O2S/c1-11(2)21-17(22)15-13-7-3-4-8-14(13)24-16(15)20-18(21)19-10-12-6-5-9-23-12/h11-12H,3-10H2,1-2H3,(H,19,20). The molecular formula is C18H25N3O2S. The van der Waals surface area contributed by atoms with Gasteiger partial charge in [0.1, 0.15) is 4.83 Å². The molecule has 6 heteroatoms. The molecule has 3 heterocycles. The van der Waals surface area contributed by atoms with Gasteiger partial charge in [-0.3, -0.25) is 9.36 Å². The van der Waals surface area contributed by atoms with E-state index in [0.29, 0.717) is 5.95 Å². The molecular weight excluding hydrogens is 322 g/mol. The van der Waals surface area contributed by atoms with Gasteiger partial charge in [0.25, 0.3) is 5.56 Å². The van der Waals surface area contributed by atoms with Crippen LogP contribution in [0.15, 0.2) is 4.79 Å². The van der Waals surface area contributed by atoms with Gasteiger partial charge < -0.3 is 10.1 Å². The van der Waals surface area contributed by atoms with E-state index < -0.39 is 0 Å². The second-order valence-corrected chi connectivity index (χ2v) is 8.19. The Morgan fingerprint density at radius 1 is 1.33 bits per heavy atom. The summed E-state index contributed by atoms with van der Waals surface area (Å²) in [5.41, 5.74) is 1.38. The second kappa shape index (κ2) is 6.48. The quantitative estimate of drug-likeness (QED) is 0.919. The number of thiophene rings is 1. The molecule has 1 unspecified atom stereocenters. The summed E-state index contributed by atoms with van der Waals surface area (Å²) in [5, 5.41) is 4.25. The maximum absolute atomic E-state index is 13.2. The number of hydrogen-bond donors (Lipinski definition) is 1. The van der Waals surface area contributed by atoms with Gasteiger partial charge in [-0.05, 0) is 57.9 Å². The van der Waals surface area contributed by atoms with E-state index in [4.69, 9.17) is 9.72 Å². The van der Waals surface area contributed by atoms with E-state index in [1.807, 2.05) is 18.4 Å². The fourth-order valence-electron chi connectivity index (χ4n) is 3.83. The zero-order valence-corrected chi connectivity index (χ0v) is 15.2. The fourth-order valence-corrected chi connectivity index (χ4v) is 5.08. The van der Waals surface area contributed by atoms with Crippen molar-refractivity contribution in [2.75, 3.05) is 18.5 Å². The summed E-state index contributed by atoms with van der Waals surface area (Å²) in [6, 6.07) is 0.0838. The molecule has 5 nitrogen and oxygen atoms in total. The predicted molar refractivity (Wildman–Crippen MR) is 98.4 cm³/mol. The molecule has 24 heavy (non-hydrogen) atoms. The molecule has 1 fully saturated rings. The molecule has 0 aromatic carbocycles. The van der Waals surface area contributed by atoms with Crippen LogP contribution < -0.4 is 10.9 Å². The van der Waals surface area contributed by atoms with Gasteiger partial charge in [0, 0.05) is 24.1 Å². The van der Waals surface area contributed by atoms with Crippen molar-refractivity contribution in [2.24, 2.45) is 0 Å². The van der Waals surface area contributed by atoms with Crippen molar-refractivity contribution in [3.8, 4) is 0 Å². The van der Waals surface area contributed by atoms with Crippen LogP contribution >= 0.6 is 11.3 Å². The molecule has 0 saturated carbocycles. The average Bonchev–Trinajstić information content (AvgIpc) is 3.19. The minimum atomic E-state index is 0.0838. The summed E-state index contributed by atoms with van der Waals surface area (Å²) in [6.45, 7) is 5.65. The molecule has 0 amide bonds. The van der Waals surface area contributed by atoms with Crippen LogP contribution in [0.25, 0.3) is 10.2 Å². The Morgan fingerprint density at radius 3 is 2.92 bits per heavy atom. The first-order valence-electron chi connectivity index (χ1n) is 9.07. The third-order valence-electron chi connectivity index (χ3n) is 5.05. The minimum Gasteiger partial charge on any atom is -0.376 e. The van der Waals surface area contributed by atoms with Crippen LogP contribution in [0.3, 0.4) is 0 Å². The van der Waals surface area contributed by atoms with Crippen LogP contribution in [0.5, 0.6) is 0 Å². The molecule has 0 spiro atoms. The Hall–Kier alpha value is -1.40. The van der Waals surface area contributed by atoms with Crippen LogP contribution in [-0.2, 0) is 17.6 Å². The molecule has 130 valence electrons. The van der Waals surface area contributed by atoms with Crippen LogP contribution in [0.2, 0.25) is 0 Å². The molecule has 1 saturated heterocycles. The summed E-state index contributed by atoms with van der Waals surface area (Å²) in [5.74, 6) is 0.691. The van der Waals surface area contributed by atoms with Crippen molar-refractivity contribution in [3.63, 3.8) is 0 Å². The highest BCUT2D eigenvalue weighted by Gasteiger charge is 2.23. The van der Waals surface area contributed by atoms with E-state index >= 15 is 0 Å². The molecule has 1 N–H and O–H groups in total. The predicted octanol–water partition coefficient (Wildman–Crippen LogP) is 3.51. The highest BCUT2D eigenvalue weighted by molar-refractivity contribution is 7.18. The van der Waals surface area contributed by atoms with Crippen LogP contribution in [0, 0.1) is 0 Å². The van der Waals surface area contributed by atoms with Crippen molar-refractivity contribution in [1.82, 2.24) is 9.55 Å². The van der Waals surface area contributed by atoms with Gasteiger partial charge in [-0.25, -0.2) is 4.98 Å². The molecule has 0 bridgehead atoms. The number of fused-ring (bicyclic) bond motifs is 3. The van der Waals surface area contributed by atoms with Crippen LogP contribution in [0.4, 0.5) is 5.95 Å². The van der Waals surface area contributed by atoms with Gasteiger partial charge in [0.05, 0.1) is 11.5 Å². The summed E-state index contributed by atoms with van der Waals surface area (Å²) in [6.07, 6.45) is 6.95. The normalized spacial score (nSPS) is 20.7. The Balaban J connectivity index is 1.77. The third-order valence-corrected chi connectivity index (χ3v) is 6.23. The Kier molecular flexibility index (Phi) is 4.35. The van der Waals surface area contributed by atoms with Gasteiger partial charge in [0.15, 0.2) is 0 Å². The lowest BCUT2D eigenvalue weighted by Gasteiger charge is -2.19. The zero-order valence-electron chi connectivity index (χ0n) is 14.4. The molecule has 2 aromatic heterocycles. The Labute approximate surface area is 146 Å². The number of hydrogen-bond acceptors (Lipinski definition) is 5.